The molecule has 0 aromatic rings. The summed E-state index contributed by atoms with van der Waals surface area (Å²) < 4.78 is 12.5. The van der Waals surface area contributed by atoms with Crippen LogP contribution in [0.2, 0.25) is 0 Å². The number of rotatable bonds is 3. The van der Waals surface area contributed by atoms with Gasteiger partial charge in [0.1, 0.15) is 0 Å². The second-order valence-electron chi connectivity index (χ2n) is 8.13. The molecule has 1 unspecified atom stereocenters. The average molecular weight is 265 g/mol. The van der Waals surface area contributed by atoms with Crippen molar-refractivity contribution in [1.82, 2.24) is 0 Å². The fourth-order valence-corrected chi connectivity index (χ4v) is 4.74. The van der Waals surface area contributed by atoms with Crippen LogP contribution in [0.1, 0.15) is 53.9 Å². The van der Waals surface area contributed by atoms with E-state index in [-0.39, 0.29) is 24.8 Å². The van der Waals surface area contributed by atoms with E-state index in [0.29, 0.717) is 17.3 Å². The van der Waals surface area contributed by atoms with Gasteiger partial charge >= 0.3 is 7.12 Å². The van der Waals surface area contributed by atoms with Gasteiger partial charge < -0.3 is 15.0 Å². The van der Waals surface area contributed by atoms with Crippen LogP contribution in [0.15, 0.2) is 0 Å². The van der Waals surface area contributed by atoms with Crippen LogP contribution in [0.4, 0.5) is 0 Å². The van der Waals surface area contributed by atoms with E-state index in [4.69, 9.17) is 15.0 Å². The lowest BCUT2D eigenvalue weighted by molar-refractivity contribution is -0.199. The Bertz CT molecular complexity index is 373. The molecule has 1 saturated heterocycles. The molecule has 0 aromatic heterocycles. The molecule has 3 saturated carbocycles. The van der Waals surface area contributed by atoms with Gasteiger partial charge in [0.25, 0.3) is 0 Å². The van der Waals surface area contributed by atoms with Gasteiger partial charge in [0, 0.05) is 5.94 Å². The first-order valence-corrected chi connectivity index (χ1v) is 7.84. The van der Waals surface area contributed by atoms with Gasteiger partial charge in [0.05, 0.1) is 11.7 Å². The number of nitrogens with two attached hydrogens (primary N) is 1. The minimum Gasteiger partial charge on any atom is -0.404 e. The summed E-state index contributed by atoms with van der Waals surface area (Å²) in [7, 11) is -0.201. The molecule has 4 aliphatic rings. The zero-order valence-corrected chi connectivity index (χ0v) is 13.0. The molecule has 1 heterocycles. The second kappa shape index (κ2) is 4.22. The first kappa shape index (κ1) is 13.9. The fraction of sp³-hybridized carbons (Fsp3) is 1.00. The van der Waals surface area contributed by atoms with Gasteiger partial charge in [0.15, 0.2) is 0 Å². The van der Waals surface area contributed by atoms with Crippen molar-refractivity contribution in [2.24, 2.45) is 28.9 Å². The molecule has 1 aliphatic heterocycles. The van der Waals surface area contributed by atoms with Gasteiger partial charge in [-0.25, -0.2) is 0 Å². The zero-order chi connectivity index (χ0) is 14.0. The Morgan fingerprint density at radius 1 is 1.26 bits per heavy atom. The molecule has 19 heavy (non-hydrogen) atoms. The first-order chi connectivity index (χ1) is 8.75. The van der Waals surface area contributed by atoms with Crippen LogP contribution < -0.4 is 5.73 Å². The third kappa shape index (κ3) is 1.90. The van der Waals surface area contributed by atoms with Crippen molar-refractivity contribution in [3.63, 3.8) is 0 Å². The van der Waals surface area contributed by atoms with Gasteiger partial charge in [-0.05, 0) is 49.4 Å². The van der Waals surface area contributed by atoms with Crippen molar-refractivity contribution < 1.29 is 9.31 Å². The molecule has 0 amide bonds. The summed E-state index contributed by atoms with van der Waals surface area (Å²) in [6, 6.07) is 0. The Labute approximate surface area is 117 Å². The van der Waals surface area contributed by atoms with Crippen molar-refractivity contribution in [2.75, 3.05) is 0 Å². The molecule has 0 spiro atoms. The Kier molecular flexibility index (Phi) is 3.09. The lowest BCUT2D eigenvalue weighted by Crippen LogP contribution is -2.65. The highest BCUT2D eigenvalue weighted by Gasteiger charge is 2.68. The molecule has 0 radical (unpaired) electrons. The van der Waals surface area contributed by atoms with E-state index in [1.807, 2.05) is 0 Å². The molecule has 2 N–H and O–H groups in total. The third-order valence-electron chi connectivity index (χ3n) is 6.06. The molecule has 2 bridgehead atoms. The Balaban J connectivity index is 1.74. The summed E-state index contributed by atoms with van der Waals surface area (Å²) in [5.41, 5.74) is 6.56. The Morgan fingerprint density at radius 3 is 2.53 bits per heavy atom. The Morgan fingerprint density at radius 2 is 1.95 bits per heavy atom. The molecule has 108 valence electrons. The van der Waals surface area contributed by atoms with Crippen LogP contribution in [0.5, 0.6) is 0 Å². The van der Waals surface area contributed by atoms with E-state index in [0.717, 1.165) is 18.8 Å². The van der Waals surface area contributed by atoms with Gasteiger partial charge in [-0.2, -0.15) is 0 Å². The summed E-state index contributed by atoms with van der Waals surface area (Å²) in [4.78, 5) is 0. The lowest BCUT2D eigenvalue weighted by atomic mass is 9.43. The van der Waals surface area contributed by atoms with Gasteiger partial charge in [-0.3, -0.25) is 0 Å². The molecule has 0 aromatic carbocycles. The van der Waals surface area contributed by atoms with Crippen LogP contribution in [-0.2, 0) is 9.31 Å². The van der Waals surface area contributed by atoms with Crippen LogP contribution >= 0.6 is 0 Å². The lowest BCUT2D eigenvalue weighted by Gasteiger charge is -2.64. The van der Waals surface area contributed by atoms with Crippen molar-refractivity contribution in [3.8, 4) is 0 Å². The van der Waals surface area contributed by atoms with Crippen molar-refractivity contribution in [1.29, 1.82) is 0 Å². The smallest absolute Gasteiger partial charge is 0.404 e. The van der Waals surface area contributed by atoms with Crippen LogP contribution in [-0.4, -0.2) is 24.8 Å². The molecule has 4 fully saturated rings. The maximum absolute atomic E-state index is 6.35. The molecule has 5 atom stereocenters. The van der Waals surface area contributed by atoms with E-state index in [1.54, 1.807) is 0 Å². The van der Waals surface area contributed by atoms with Gasteiger partial charge in [-0.15, -0.1) is 0 Å². The summed E-state index contributed by atoms with van der Waals surface area (Å²) in [5.74, 6) is 2.02. The molecular formula is C15H28BNO2. The molecule has 3 aliphatic carbocycles. The quantitative estimate of drug-likeness (QED) is 0.798. The minimum atomic E-state index is -0.201. The molecule has 3 nitrogen and oxygen atoms in total. The van der Waals surface area contributed by atoms with Crippen molar-refractivity contribution in [2.45, 2.75) is 71.5 Å². The highest BCUT2D eigenvalue weighted by atomic mass is 16.7. The Hall–Kier alpha value is -0.0551. The number of hydrogen-bond acceptors (Lipinski definition) is 3. The van der Waals surface area contributed by atoms with E-state index < -0.39 is 0 Å². The SMILES string of the molecule is CC(C)C[C@H](N)B1O[C@@H]2C[C@@H]3CC(C3(C)C)[C@]2(C)O1. The van der Waals surface area contributed by atoms with Crippen molar-refractivity contribution in [3.05, 3.63) is 0 Å². The molecular weight excluding hydrogens is 237 g/mol. The first-order valence-electron chi connectivity index (χ1n) is 7.84. The summed E-state index contributed by atoms with van der Waals surface area (Å²) in [6.07, 6.45) is 3.67. The van der Waals surface area contributed by atoms with Crippen LogP contribution in [0.25, 0.3) is 0 Å². The number of hydrogen-bond donors (Lipinski definition) is 1. The van der Waals surface area contributed by atoms with Crippen molar-refractivity contribution >= 4 is 7.12 Å². The highest BCUT2D eigenvalue weighted by molar-refractivity contribution is 6.47. The molecule has 4 rings (SSSR count). The van der Waals surface area contributed by atoms with E-state index >= 15 is 0 Å². The fourth-order valence-electron chi connectivity index (χ4n) is 4.74. The monoisotopic (exact) mass is 265 g/mol. The standard InChI is InChI=1S/C15H28BNO2/c1-9(2)6-13(17)16-18-12-8-10-7-11(14(10,3)4)15(12,5)19-16/h9-13H,6-8,17H2,1-5H3/t10-,11?,12+,13-,15-/m0/s1. The predicted octanol–water partition coefficient (Wildman–Crippen LogP) is 2.63. The predicted molar refractivity (Wildman–Crippen MR) is 77.5 cm³/mol. The largest absolute Gasteiger partial charge is 0.475 e. The summed E-state index contributed by atoms with van der Waals surface area (Å²) in [6.45, 7) is 11.4. The third-order valence-corrected chi connectivity index (χ3v) is 6.06. The second-order valence-corrected chi connectivity index (χ2v) is 8.13. The van der Waals surface area contributed by atoms with E-state index in [1.165, 1.54) is 6.42 Å². The minimum absolute atomic E-state index is 0.00253. The zero-order valence-electron chi connectivity index (χ0n) is 13.0. The normalized spacial score (nSPS) is 45.0. The maximum Gasteiger partial charge on any atom is 0.475 e. The summed E-state index contributed by atoms with van der Waals surface area (Å²) >= 11 is 0. The maximum atomic E-state index is 6.35. The van der Waals surface area contributed by atoms with E-state index in [9.17, 15) is 0 Å². The van der Waals surface area contributed by atoms with Crippen LogP contribution in [0, 0.1) is 23.2 Å². The van der Waals surface area contributed by atoms with E-state index in [2.05, 4.69) is 34.6 Å². The highest BCUT2D eigenvalue weighted by Crippen LogP contribution is 2.65. The average Bonchev–Trinajstić information content (AvgIpc) is 2.64. The topological polar surface area (TPSA) is 44.5 Å². The van der Waals surface area contributed by atoms with Gasteiger partial charge in [-0.1, -0.05) is 27.7 Å². The van der Waals surface area contributed by atoms with Gasteiger partial charge in [0.2, 0.25) is 0 Å². The molecule has 4 heteroatoms. The van der Waals surface area contributed by atoms with Crippen LogP contribution in [0.3, 0.4) is 0 Å². The summed E-state index contributed by atoms with van der Waals surface area (Å²) in [5, 5.41) is 0.